The molecule has 0 radical (unpaired) electrons. The zero-order chi connectivity index (χ0) is 15.2. The molecule has 0 saturated carbocycles. The van der Waals surface area contributed by atoms with Gasteiger partial charge in [-0.2, -0.15) is 0 Å². The summed E-state index contributed by atoms with van der Waals surface area (Å²) in [6, 6.07) is 17.2. The highest BCUT2D eigenvalue weighted by molar-refractivity contribution is 7.99. The minimum Gasteiger partial charge on any atom is -0.312 e. The van der Waals surface area contributed by atoms with Gasteiger partial charge in [0.1, 0.15) is 0 Å². The fourth-order valence-corrected chi connectivity index (χ4v) is 3.58. The number of benzene rings is 2. The summed E-state index contributed by atoms with van der Waals surface area (Å²) in [6.45, 7) is 4.44. The van der Waals surface area contributed by atoms with Crippen molar-refractivity contribution in [2.45, 2.75) is 30.7 Å². The van der Waals surface area contributed by atoms with Gasteiger partial charge in [-0.25, -0.2) is 0 Å². The first-order valence-corrected chi connectivity index (χ1v) is 8.62. The zero-order valence-corrected chi connectivity index (χ0v) is 14.3. The van der Waals surface area contributed by atoms with Crippen LogP contribution in [0.25, 0.3) is 0 Å². The first kappa shape index (κ1) is 16.4. The van der Waals surface area contributed by atoms with Crippen molar-refractivity contribution in [3.8, 4) is 0 Å². The zero-order valence-electron chi connectivity index (χ0n) is 12.8. The number of thioether (sulfide) groups is 1. The maximum absolute atomic E-state index is 6.21. The average molecular weight is 320 g/mol. The molecule has 1 nitrogen and oxygen atoms in total. The van der Waals surface area contributed by atoms with E-state index in [1.54, 1.807) is 11.8 Å². The topological polar surface area (TPSA) is 12.0 Å². The van der Waals surface area contributed by atoms with E-state index in [0.717, 1.165) is 15.7 Å². The lowest BCUT2D eigenvalue weighted by Gasteiger charge is -2.17. The van der Waals surface area contributed by atoms with Crippen molar-refractivity contribution in [3.63, 3.8) is 0 Å². The van der Waals surface area contributed by atoms with E-state index < -0.39 is 0 Å². The summed E-state index contributed by atoms with van der Waals surface area (Å²) < 4.78 is 0. The molecule has 1 unspecified atom stereocenters. The molecular formula is C18H22ClNS. The van der Waals surface area contributed by atoms with E-state index in [-0.39, 0.29) is 0 Å². The van der Waals surface area contributed by atoms with Crippen LogP contribution in [0, 0.1) is 0 Å². The highest BCUT2D eigenvalue weighted by Gasteiger charge is 2.11. The van der Waals surface area contributed by atoms with Gasteiger partial charge in [-0.3, -0.25) is 0 Å². The smallest absolute Gasteiger partial charge is 0.0541 e. The van der Waals surface area contributed by atoms with E-state index in [1.807, 2.05) is 25.2 Å². The second-order valence-corrected chi connectivity index (χ2v) is 6.87. The largest absolute Gasteiger partial charge is 0.312 e. The van der Waals surface area contributed by atoms with Gasteiger partial charge in [-0.15, -0.1) is 11.8 Å². The minimum absolute atomic E-state index is 0.326. The van der Waals surface area contributed by atoms with Crippen molar-refractivity contribution in [2.24, 2.45) is 0 Å². The molecule has 0 aliphatic heterocycles. The Morgan fingerprint density at radius 2 is 1.62 bits per heavy atom. The predicted octanol–water partition coefficient (Wildman–Crippen LogP) is 5.52. The monoisotopic (exact) mass is 319 g/mol. The first-order chi connectivity index (χ1) is 10.1. The lowest BCUT2D eigenvalue weighted by atomic mass is 10.00. The van der Waals surface area contributed by atoms with Gasteiger partial charge >= 0.3 is 0 Å². The Hall–Kier alpha value is -0.960. The van der Waals surface area contributed by atoms with Crippen LogP contribution < -0.4 is 5.32 Å². The van der Waals surface area contributed by atoms with E-state index in [4.69, 9.17) is 11.6 Å². The number of rotatable bonds is 6. The molecule has 0 bridgehead atoms. The van der Waals surface area contributed by atoms with Gasteiger partial charge in [0.15, 0.2) is 0 Å². The molecule has 21 heavy (non-hydrogen) atoms. The molecule has 0 fully saturated rings. The SMILES string of the molecule is CNC(CSc1ccccc1Cl)c1ccc(C(C)C)cc1. The average Bonchev–Trinajstić information content (AvgIpc) is 2.50. The summed E-state index contributed by atoms with van der Waals surface area (Å²) in [5.74, 6) is 1.53. The summed E-state index contributed by atoms with van der Waals surface area (Å²) in [5.41, 5.74) is 2.70. The van der Waals surface area contributed by atoms with E-state index in [9.17, 15) is 0 Å². The lowest BCUT2D eigenvalue weighted by molar-refractivity contribution is 0.661. The van der Waals surface area contributed by atoms with E-state index >= 15 is 0 Å². The molecule has 3 heteroatoms. The van der Waals surface area contributed by atoms with Crippen LogP contribution in [0.2, 0.25) is 5.02 Å². The standard InChI is InChI=1S/C18H22ClNS/c1-13(2)14-8-10-15(11-9-14)17(20-3)12-21-18-7-5-4-6-16(18)19/h4-11,13,17,20H,12H2,1-3H3. The van der Waals surface area contributed by atoms with Crippen LogP contribution in [0.4, 0.5) is 0 Å². The van der Waals surface area contributed by atoms with Crippen molar-refractivity contribution in [1.29, 1.82) is 0 Å². The van der Waals surface area contributed by atoms with Crippen LogP contribution >= 0.6 is 23.4 Å². The van der Waals surface area contributed by atoms with Crippen molar-refractivity contribution in [1.82, 2.24) is 5.32 Å². The fourth-order valence-electron chi connectivity index (χ4n) is 2.19. The van der Waals surface area contributed by atoms with Crippen LogP contribution in [-0.4, -0.2) is 12.8 Å². The van der Waals surface area contributed by atoms with Crippen LogP contribution in [0.15, 0.2) is 53.4 Å². The molecule has 2 rings (SSSR count). The Balaban J connectivity index is 2.04. The van der Waals surface area contributed by atoms with Gasteiger partial charge in [0.2, 0.25) is 0 Å². The summed E-state index contributed by atoms with van der Waals surface area (Å²) in [6.07, 6.45) is 0. The fraction of sp³-hybridized carbons (Fsp3) is 0.333. The summed E-state index contributed by atoms with van der Waals surface area (Å²) in [7, 11) is 2.01. The van der Waals surface area contributed by atoms with E-state index in [0.29, 0.717) is 12.0 Å². The molecule has 2 aromatic carbocycles. The highest BCUT2D eigenvalue weighted by Crippen LogP contribution is 2.30. The summed E-state index contributed by atoms with van der Waals surface area (Å²) in [4.78, 5) is 1.14. The van der Waals surface area contributed by atoms with Crippen LogP contribution in [0.5, 0.6) is 0 Å². The van der Waals surface area contributed by atoms with Gasteiger partial charge in [-0.1, -0.05) is 61.8 Å². The molecule has 0 heterocycles. The Bertz CT molecular complexity index is 566. The Labute approximate surface area is 137 Å². The third-order valence-electron chi connectivity index (χ3n) is 3.60. The highest BCUT2D eigenvalue weighted by atomic mass is 35.5. The molecule has 0 aliphatic rings. The predicted molar refractivity (Wildman–Crippen MR) is 94.5 cm³/mol. The minimum atomic E-state index is 0.326. The van der Waals surface area contributed by atoms with Gasteiger partial charge in [0.05, 0.1) is 5.02 Å². The Kier molecular flexibility index (Phi) is 6.16. The second-order valence-electron chi connectivity index (χ2n) is 5.40. The van der Waals surface area contributed by atoms with Gasteiger partial charge in [-0.05, 0) is 36.2 Å². The van der Waals surface area contributed by atoms with Crippen molar-refractivity contribution >= 4 is 23.4 Å². The molecule has 1 atom stereocenters. The van der Waals surface area contributed by atoms with Crippen molar-refractivity contribution in [2.75, 3.05) is 12.8 Å². The molecule has 2 aromatic rings. The van der Waals surface area contributed by atoms with Crippen LogP contribution in [0.1, 0.15) is 36.9 Å². The second kappa shape index (κ2) is 7.88. The summed E-state index contributed by atoms with van der Waals surface area (Å²) >= 11 is 8.00. The number of halogens is 1. The van der Waals surface area contributed by atoms with Crippen LogP contribution in [0.3, 0.4) is 0 Å². The molecule has 0 spiro atoms. The lowest BCUT2D eigenvalue weighted by Crippen LogP contribution is -2.18. The van der Waals surface area contributed by atoms with E-state index in [2.05, 4.69) is 49.5 Å². The molecule has 0 amide bonds. The maximum Gasteiger partial charge on any atom is 0.0541 e. The van der Waals surface area contributed by atoms with Gasteiger partial charge < -0.3 is 5.32 Å². The van der Waals surface area contributed by atoms with Gasteiger partial charge in [0.25, 0.3) is 0 Å². The van der Waals surface area contributed by atoms with Crippen molar-refractivity contribution < 1.29 is 0 Å². The first-order valence-electron chi connectivity index (χ1n) is 7.26. The van der Waals surface area contributed by atoms with Crippen LogP contribution in [-0.2, 0) is 0 Å². The number of hydrogen-bond acceptors (Lipinski definition) is 2. The van der Waals surface area contributed by atoms with Crippen molar-refractivity contribution in [3.05, 3.63) is 64.7 Å². The molecule has 0 saturated heterocycles. The normalized spacial score (nSPS) is 12.6. The third kappa shape index (κ3) is 4.50. The van der Waals surface area contributed by atoms with Gasteiger partial charge in [0, 0.05) is 16.7 Å². The summed E-state index contributed by atoms with van der Waals surface area (Å²) in [5, 5.41) is 4.22. The molecular weight excluding hydrogens is 298 g/mol. The quantitative estimate of drug-likeness (QED) is 0.704. The maximum atomic E-state index is 6.21. The third-order valence-corrected chi connectivity index (χ3v) is 5.20. The molecule has 0 aromatic heterocycles. The Morgan fingerprint density at radius 1 is 1.00 bits per heavy atom. The Morgan fingerprint density at radius 3 is 2.19 bits per heavy atom. The number of hydrogen-bond donors (Lipinski definition) is 1. The number of nitrogens with one attached hydrogen (secondary N) is 1. The molecule has 0 aliphatic carbocycles. The molecule has 112 valence electrons. The van der Waals surface area contributed by atoms with E-state index in [1.165, 1.54) is 11.1 Å². The molecule has 1 N–H and O–H groups in total.